The van der Waals surface area contributed by atoms with E-state index in [-0.39, 0.29) is 11.7 Å². The molecule has 0 radical (unpaired) electrons. The van der Waals surface area contributed by atoms with Gasteiger partial charge >= 0.3 is 0 Å². The van der Waals surface area contributed by atoms with E-state index in [1.54, 1.807) is 12.1 Å². The molecular weight excluding hydrogens is 281 g/mol. The summed E-state index contributed by atoms with van der Waals surface area (Å²) in [6.07, 6.45) is 1.06. The Labute approximate surface area is 129 Å². The third-order valence-corrected chi connectivity index (χ3v) is 4.00. The Bertz CT molecular complexity index is 637. The molecule has 1 aliphatic rings. The van der Waals surface area contributed by atoms with Crippen molar-refractivity contribution in [1.29, 1.82) is 0 Å². The zero-order valence-corrected chi connectivity index (χ0v) is 12.8. The summed E-state index contributed by atoms with van der Waals surface area (Å²) in [6.45, 7) is 5.80. The first kappa shape index (κ1) is 14.8. The van der Waals surface area contributed by atoms with Gasteiger partial charge in [0.05, 0.1) is 0 Å². The smallest absolute Gasteiger partial charge is 0.152 e. The van der Waals surface area contributed by atoms with Crippen molar-refractivity contribution in [3.05, 3.63) is 47.2 Å². The first-order valence-corrected chi connectivity index (χ1v) is 7.57. The molecule has 0 unspecified atom stereocenters. The van der Waals surface area contributed by atoms with Gasteiger partial charge in [-0.2, -0.15) is 0 Å². The Balaban J connectivity index is 1.89. The predicted octanol–water partition coefficient (Wildman–Crippen LogP) is 2.24. The van der Waals surface area contributed by atoms with Crippen LogP contribution in [0.4, 0.5) is 10.2 Å². The van der Waals surface area contributed by atoms with Crippen LogP contribution >= 0.6 is 0 Å². The average molecular weight is 301 g/mol. The minimum atomic E-state index is -0.237. The summed E-state index contributed by atoms with van der Waals surface area (Å²) < 4.78 is 13.1. The number of hydrogen-bond acceptors (Lipinski definition) is 5. The molecular formula is C16H20FN5. The Kier molecular flexibility index (Phi) is 4.29. The van der Waals surface area contributed by atoms with Gasteiger partial charge in [0.25, 0.3) is 0 Å². The van der Waals surface area contributed by atoms with E-state index in [1.165, 1.54) is 12.1 Å². The molecule has 0 spiro atoms. The van der Waals surface area contributed by atoms with Gasteiger partial charge in [-0.3, -0.25) is 0 Å². The molecule has 1 aromatic heterocycles. The van der Waals surface area contributed by atoms with Crippen molar-refractivity contribution < 1.29 is 4.39 Å². The van der Waals surface area contributed by atoms with Crippen LogP contribution in [0.15, 0.2) is 24.3 Å². The quantitative estimate of drug-likeness (QED) is 0.907. The van der Waals surface area contributed by atoms with E-state index in [9.17, 15) is 4.39 Å². The highest BCUT2D eigenvalue weighted by Gasteiger charge is 2.21. The number of aryl methyl sites for hydroxylation is 1. The predicted molar refractivity (Wildman–Crippen MR) is 83.4 cm³/mol. The maximum Gasteiger partial charge on any atom is 0.152 e. The molecule has 0 saturated carbocycles. The van der Waals surface area contributed by atoms with Crippen LogP contribution in [-0.4, -0.2) is 34.3 Å². The second-order valence-electron chi connectivity index (χ2n) is 5.70. The molecule has 116 valence electrons. The van der Waals surface area contributed by atoms with E-state index in [1.807, 2.05) is 13.8 Å². The summed E-state index contributed by atoms with van der Waals surface area (Å²) in [5.41, 5.74) is 1.79. The van der Waals surface area contributed by atoms with Gasteiger partial charge in [0, 0.05) is 18.5 Å². The molecule has 6 heteroatoms. The molecule has 2 heterocycles. The average Bonchev–Trinajstić information content (AvgIpc) is 3.00. The Morgan fingerprint density at radius 3 is 2.73 bits per heavy atom. The van der Waals surface area contributed by atoms with Crippen LogP contribution in [0.5, 0.6) is 0 Å². The summed E-state index contributed by atoms with van der Waals surface area (Å²) in [7, 11) is 0. The standard InChI is InChI=1S/C16H20FN5/c1-10(12-3-5-13(17)6-4-12)15-16(19-11(2)21-22-15)20-14-7-8-18-9-14/h3-6,10,14,18H,7-9H2,1-2H3,(H,19,20,21)/t10-,14+/m0/s1. The highest BCUT2D eigenvalue weighted by atomic mass is 19.1. The number of aromatic nitrogens is 3. The van der Waals surface area contributed by atoms with Gasteiger partial charge in [-0.1, -0.05) is 19.1 Å². The third-order valence-electron chi connectivity index (χ3n) is 4.00. The van der Waals surface area contributed by atoms with E-state index in [0.717, 1.165) is 36.6 Å². The van der Waals surface area contributed by atoms with Crippen molar-refractivity contribution in [3.8, 4) is 0 Å². The first-order chi connectivity index (χ1) is 10.6. The van der Waals surface area contributed by atoms with Crippen molar-refractivity contribution in [2.24, 2.45) is 0 Å². The topological polar surface area (TPSA) is 62.7 Å². The monoisotopic (exact) mass is 301 g/mol. The second kappa shape index (κ2) is 6.36. The largest absolute Gasteiger partial charge is 0.364 e. The fourth-order valence-electron chi connectivity index (χ4n) is 2.69. The van der Waals surface area contributed by atoms with Crippen LogP contribution in [0, 0.1) is 12.7 Å². The van der Waals surface area contributed by atoms with Crippen molar-refractivity contribution in [3.63, 3.8) is 0 Å². The van der Waals surface area contributed by atoms with Crippen molar-refractivity contribution in [2.45, 2.75) is 32.2 Å². The zero-order chi connectivity index (χ0) is 15.5. The normalized spacial score (nSPS) is 19.1. The van der Waals surface area contributed by atoms with Gasteiger partial charge in [-0.05, 0) is 37.6 Å². The van der Waals surface area contributed by atoms with Gasteiger partial charge in [-0.15, -0.1) is 10.2 Å². The number of benzene rings is 1. The van der Waals surface area contributed by atoms with Crippen LogP contribution < -0.4 is 10.6 Å². The second-order valence-corrected chi connectivity index (χ2v) is 5.70. The van der Waals surface area contributed by atoms with E-state index >= 15 is 0 Å². The summed E-state index contributed by atoms with van der Waals surface area (Å²) in [4.78, 5) is 4.51. The minimum absolute atomic E-state index is 0.00179. The molecule has 1 aliphatic heterocycles. The molecule has 22 heavy (non-hydrogen) atoms. The van der Waals surface area contributed by atoms with Gasteiger partial charge in [0.15, 0.2) is 5.82 Å². The third kappa shape index (κ3) is 3.22. The molecule has 1 aromatic carbocycles. The van der Waals surface area contributed by atoms with Gasteiger partial charge < -0.3 is 10.6 Å². The summed E-state index contributed by atoms with van der Waals surface area (Å²) >= 11 is 0. The highest BCUT2D eigenvalue weighted by molar-refractivity contribution is 5.46. The van der Waals surface area contributed by atoms with Gasteiger partial charge in [-0.25, -0.2) is 9.37 Å². The lowest BCUT2D eigenvalue weighted by Gasteiger charge is -2.18. The number of hydrogen-bond donors (Lipinski definition) is 2. The molecule has 0 amide bonds. The van der Waals surface area contributed by atoms with Crippen molar-refractivity contribution >= 4 is 5.82 Å². The van der Waals surface area contributed by atoms with Crippen molar-refractivity contribution in [1.82, 2.24) is 20.5 Å². The molecule has 2 N–H and O–H groups in total. The molecule has 3 rings (SSSR count). The van der Waals surface area contributed by atoms with E-state index in [2.05, 4.69) is 25.8 Å². The molecule has 2 aromatic rings. The molecule has 1 fully saturated rings. The van der Waals surface area contributed by atoms with Crippen molar-refractivity contribution in [2.75, 3.05) is 18.4 Å². The fourth-order valence-corrected chi connectivity index (χ4v) is 2.69. The summed E-state index contributed by atoms with van der Waals surface area (Å²) in [5.74, 6) is 1.18. The lowest BCUT2D eigenvalue weighted by atomic mass is 9.97. The molecule has 2 atom stereocenters. The fraction of sp³-hybridized carbons (Fsp3) is 0.438. The van der Waals surface area contributed by atoms with Gasteiger partial charge in [0.1, 0.15) is 17.3 Å². The number of nitrogens with zero attached hydrogens (tertiary/aromatic N) is 3. The van der Waals surface area contributed by atoms with E-state index in [0.29, 0.717) is 11.9 Å². The van der Waals surface area contributed by atoms with Crippen LogP contribution in [0.3, 0.4) is 0 Å². The molecule has 5 nitrogen and oxygen atoms in total. The molecule has 0 bridgehead atoms. The minimum Gasteiger partial charge on any atom is -0.364 e. The maximum absolute atomic E-state index is 13.1. The Morgan fingerprint density at radius 2 is 2.05 bits per heavy atom. The van der Waals surface area contributed by atoms with Gasteiger partial charge in [0.2, 0.25) is 0 Å². The van der Waals surface area contributed by atoms with Crippen LogP contribution in [0.2, 0.25) is 0 Å². The number of nitrogens with one attached hydrogen (secondary N) is 2. The lowest BCUT2D eigenvalue weighted by molar-refractivity contribution is 0.626. The zero-order valence-electron chi connectivity index (χ0n) is 12.8. The molecule has 1 saturated heterocycles. The molecule has 0 aliphatic carbocycles. The summed E-state index contributed by atoms with van der Waals surface area (Å²) in [6, 6.07) is 6.85. The number of anilines is 1. The van der Waals surface area contributed by atoms with E-state index < -0.39 is 0 Å². The highest BCUT2D eigenvalue weighted by Crippen LogP contribution is 2.27. The van der Waals surface area contributed by atoms with Crippen LogP contribution in [0.25, 0.3) is 0 Å². The lowest BCUT2D eigenvalue weighted by Crippen LogP contribution is -2.24. The van der Waals surface area contributed by atoms with Crippen LogP contribution in [0.1, 0.15) is 36.3 Å². The summed E-state index contributed by atoms with van der Waals surface area (Å²) in [5, 5.41) is 15.2. The SMILES string of the molecule is Cc1nnc([C@@H](C)c2ccc(F)cc2)c(N[C@@H]2CCNC2)n1. The Hall–Kier alpha value is -2.08. The Morgan fingerprint density at radius 1 is 1.27 bits per heavy atom. The number of rotatable bonds is 4. The van der Waals surface area contributed by atoms with E-state index in [4.69, 9.17) is 0 Å². The maximum atomic E-state index is 13.1. The first-order valence-electron chi connectivity index (χ1n) is 7.57. The van der Waals surface area contributed by atoms with Crippen LogP contribution in [-0.2, 0) is 0 Å². The number of halogens is 1.